The largest absolute Gasteiger partial charge is 0.459 e. The van der Waals surface area contributed by atoms with E-state index in [0.29, 0.717) is 30.1 Å². The van der Waals surface area contributed by atoms with Gasteiger partial charge in [-0.3, -0.25) is 4.90 Å². The van der Waals surface area contributed by atoms with Gasteiger partial charge in [0.15, 0.2) is 10.9 Å². The molecule has 23 heavy (non-hydrogen) atoms. The molecule has 0 unspecified atom stereocenters. The van der Waals surface area contributed by atoms with Gasteiger partial charge < -0.3 is 13.7 Å². The molecule has 0 aliphatic carbocycles. The second-order valence-corrected chi connectivity index (χ2v) is 6.44. The minimum atomic E-state index is 0.405. The van der Waals surface area contributed by atoms with Crippen LogP contribution in [-0.4, -0.2) is 45.8 Å². The Morgan fingerprint density at radius 2 is 2.30 bits per heavy atom. The molecular weight excluding hydrogens is 314 g/mol. The summed E-state index contributed by atoms with van der Waals surface area (Å²) in [7, 11) is 0. The van der Waals surface area contributed by atoms with Gasteiger partial charge >= 0.3 is 0 Å². The first-order valence-electron chi connectivity index (χ1n) is 7.54. The monoisotopic (exact) mass is 331 g/mol. The Hall–Kier alpha value is -2.19. The van der Waals surface area contributed by atoms with Gasteiger partial charge in [-0.05, 0) is 19.1 Å². The maximum absolute atomic E-state index is 5.68. The molecule has 1 saturated heterocycles. The summed E-state index contributed by atoms with van der Waals surface area (Å²) in [6.07, 6.45) is 3.45. The van der Waals surface area contributed by atoms with Crippen LogP contribution in [0.25, 0.3) is 11.7 Å². The highest BCUT2D eigenvalue weighted by Crippen LogP contribution is 2.24. The van der Waals surface area contributed by atoms with Gasteiger partial charge in [-0.1, -0.05) is 0 Å². The van der Waals surface area contributed by atoms with Crippen LogP contribution in [-0.2, 0) is 6.54 Å². The highest BCUT2D eigenvalue weighted by Gasteiger charge is 2.26. The molecule has 0 radical (unpaired) electrons. The number of furan rings is 1. The van der Waals surface area contributed by atoms with Crippen LogP contribution in [0.3, 0.4) is 0 Å². The van der Waals surface area contributed by atoms with Gasteiger partial charge in [0, 0.05) is 37.3 Å². The van der Waals surface area contributed by atoms with E-state index in [-0.39, 0.29) is 0 Å². The average molecular weight is 331 g/mol. The molecule has 1 atom stereocenters. The van der Waals surface area contributed by atoms with E-state index in [9.17, 15) is 0 Å². The molecule has 0 bridgehead atoms. The Balaban J connectivity index is 1.39. The predicted molar refractivity (Wildman–Crippen MR) is 86.2 cm³/mol. The number of thiazole rings is 1. The van der Waals surface area contributed by atoms with E-state index in [2.05, 4.69) is 31.9 Å². The van der Waals surface area contributed by atoms with Gasteiger partial charge in [0.1, 0.15) is 0 Å². The lowest BCUT2D eigenvalue weighted by Gasteiger charge is -2.39. The third-order valence-corrected chi connectivity index (χ3v) is 4.74. The second kappa shape index (κ2) is 6.13. The van der Waals surface area contributed by atoms with E-state index in [4.69, 9.17) is 8.83 Å². The molecule has 0 spiro atoms. The summed E-state index contributed by atoms with van der Waals surface area (Å²) in [6, 6.07) is 4.02. The van der Waals surface area contributed by atoms with Crippen LogP contribution in [0.4, 0.5) is 5.13 Å². The highest BCUT2D eigenvalue weighted by molar-refractivity contribution is 7.13. The summed E-state index contributed by atoms with van der Waals surface area (Å²) < 4.78 is 11.0. The maximum Gasteiger partial charge on any atom is 0.283 e. The summed E-state index contributed by atoms with van der Waals surface area (Å²) >= 11 is 1.69. The third-order valence-electron chi connectivity index (χ3n) is 3.93. The molecule has 3 aromatic rings. The van der Waals surface area contributed by atoms with Crippen molar-refractivity contribution in [1.82, 2.24) is 20.1 Å². The molecule has 0 N–H and O–H groups in total. The van der Waals surface area contributed by atoms with Crippen LogP contribution in [0.5, 0.6) is 0 Å². The molecule has 4 rings (SSSR count). The summed E-state index contributed by atoms with van der Waals surface area (Å²) in [6.45, 7) is 5.72. The lowest BCUT2D eigenvalue weighted by atomic mass is 10.2. The van der Waals surface area contributed by atoms with E-state index >= 15 is 0 Å². The molecule has 120 valence electrons. The molecule has 8 heteroatoms. The normalized spacial score (nSPS) is 19.3. The standard InChI is InChI=1S/C15H17N5O2S/c1-11-9-19(5-6-20(11)15-16-4-8-23-15)10-13-17-18-14(22-13)12-3-2-7-21-12/h2-4,7-8,11H,5-6,9-10H2,1H3/t11-/m1/s1. The Morgan fingerprint density at radius 3 is 3.04 bits per heavy atom. The van der Waals surface area contributed by atoms with Crippen molar-refractivity contribution < 1.29 is 8.83 Å². The van der Waals surface area contributed by atoms with Crippen molar-refractivity contribution in [1.29, 1.82) is 0 Å². The number of nitrogens with zero attached hydrogens (tertiary/aromatic N) is 5. The van der Waals surface area contributed by atoms with Crippen LogP contribution >= 0.6 is 11.3 Å². The Kier molecular flexibility index (Phi) is 3.84. The first kappa shape index (κ1) is 14.4. The van der Waals surface area contributed by atoms with E-state index < -0.39 is 0 Å². The Morgan fingerprint density at radius 1 is 1.35 bits per heavy atom. The Bertz CT molecular complexity index is 740. The summed E-state index contributed by atoms with van der Waals surface area (Å²) in [5.74, 6) is 1.65. The SMILES string of the molecule is C[C@@H]1CN(Cc2nnc(-c3ccco3)o2)CCN1c1nccs1. The van der Waals surface area contributed by atoms with Crippen molar-refractivity contribution in [3.63, 3.8) is 0 Å². The van der Waals surface area contributed by atoms with Crippen molar-refractivity contribution >= 4 is 16.5 Å². The minimum Gasteiger partial charge on any atom is -0.459 e. The molecule has 0 saturated carbocycles. The van der Waals surface area contributed by atoms with Gasteiger partial charge in [0.2, 0.25) is 5.89 Å². The van der Waals surface area contributed by atoms with Gasteiger partial charge in [-0.15, -0.1) is 21.5 Å². The summed E-state index contributed by atoms with van der Waals surface area (Å²) in [5, 5.41) is 11.3. The van der Waals surface area contributed by atoms with Crippen molar-refractivity contribution in [3.8, 4) is 11.7 Å². The predicted octanol–water partition coefficient (Wildman–Crippen LogP) is 2.50. The molecular formula is C15H17N5O2S. The number of rotatable bonds is 4. The summed E-state index contributed by atoms with van der Waals surface area (Å²) in [4.78, 5) is 9.08. The van der Waals surface area contributed by atoms with Crippen LogP contribution < -0.4 is 4.90 Å². The van der Waals surface area contributed by atoms with Gasteiger partial charge in [-0.2, -0.15) is 0 Å². The van der Waals surface area contributed by atoms with Crippen molar-refractivity contribution in [3.05, 3.63) is 35.9 Å². The van der Waals surface area contributed by atoms with Crippen molar-refractivity contribution in [2.75, 3.05) is 24.5 Å². The average Bonchev–Trinajstić information content (AvgIpc) is 3.30. The fraction of sp³-hybridized carbons (Fsp3) is 0.400. The zero-order valence-corrected chi connectivity index (χ0v) is 13.6. The first-order chi connectivity index (χ1) is 11.3. The first-order valence-corrected chi connectivity index (χ1v) is 8.42. The molecule has 7 nitrogen and oxygen atoms in total. The smallest absolute Gasteiger partial charge is 0.283 e. The van der Waals surface area contributed by atoms with Gasteiger partial charge in [0.25, 0.3) is 5.89 Å². The zero-order chi connectivity index (χ0) is 15.6. The molecule has 4 heterocycles. The number of anilines is 1. The van der Waals surface area contributed by atoms with E-state index in [1.165, 1.54) is 0 Å². The molecule has 0 amide bonds. The molecule has 1 aliphatic rings. The van der Waals surface area contributed by atoms with Crippen LogP contribution in [0.1, 0.15) is 12.8 Å². The van der Waals surface area contributed by atoms with E-state index in [0.717, 1.165) is 24.8 Å². The van der Waals surface area contributed by atoms with Gasteiger partial charge in [-0.25, -0.2) is 4.98 Å². The van der Waals surface area contributed by atoms with Crippen molar-refractivity contribution in [2.45, 2.75) is 19.5 Å². The summed E-state index contributed by atoms with van der Waals surface area (Å²) in [5.41, 5.74) is 0. The van der Waals surface area contributed by atoms with E-state index in [1.807, 2.05) is 17.6 Å². The number of hydrogen-bond acceptors (Lipinski definition) is 8. The zero-order valence-electron chi connectivity index (χ0n) is 12.8. The second-order valence-electron chi connectivity index (χ2n) is 5.57. The lowest BCUT2D eigenvalue weighted by molar-refractivity contribution is 0.202. The van der Waals surface area contributed by atoms with Gasteiger partial charge in [0.05, 0.1) is 12.8 Å². The topological polar surface area (TPSA) is 71.4 Å². The molecule has 1 aliphatic heterocycles. The highest BCUT2D eigenvalue weighted by atomic mass is 32.1. The molecule has 3 aromatic heterocycles. The number of hydrogen-bond donors (Lipinski definition) is 0. The minimum absolute atomic E-state index is 0.405. The van der Waals surface area contributed by atoms with E-state index in [1.54, 1.807) is 23.7 Å². The Labute approximate surface area is 137 Å². The molecule has 0 aromatic carbocycles. The lowest BCUT2D eigenvalue weighted by Crippen LogP contribution is -2.51. The third kappa shape index (κ3) is 2.99. The quantitative estimate of drug-likeness (QED) is 0.727. The fourth-order valence-corrected chi connectivity index (χ4v) is 3.60. The van der Waals surface area contributed by atoms with Crippen molar-refractivity contribution in [2.24, 2.45) is 0 Å². The fourth-order valence-electron chi connectivity index (χ4n) is 2.83. The number of aromatic nitrogens is 3. The van der Waals surface area contributed by atoms with Crippen LogP contribution in [0, 0.1) is 0 Å². The van der Waals surface area contributed by atoms with Crippen LogP contribution in [0.15, 0.2) is 38.8 Å². The van der Waals surface area contributed by atoms with Crippen LogP contribution in [0.2, 0.25) is 0 Å². The molecule has 1 fully saturated rings. The maximum atomic E-state index is 5.68. The number of piperazine rings is 1.